The zero-order valence-electron chi connectivity index (χ0n) is 23.4. The second-order valence-electron chi connectivity index (χ2n) is 12.2. The maximum atomic E-state index is 14.0. The van der Waals surface area contributed by atoms with Crippen LogP contribution in [0.2, 0.25) is 0 Å². The van der Waals surface area contributed by atoms with Crippen LogP contribution in [0.1, 0.15) is 56.7 Å². The number of nitrogens with one attached hydrogen (secondary N) is 1. The van der Waals surface area contributed by atoms with Crippen LogP contribution in [-0.4, -0.2) is 92.9 Å². The smallest absolute Gasteiger partial charge is 0.225 e. The molecule has 0 aliphatic heterocycles. The minimum Gasteiger partial charge on any atom is -0.507 e. The third kappa shape index (κ3) is 5.33. The van der Waals surface area contributed by atoms with Gasteiger partial charge in [0.1, 0.15) is 11.5 Å². The number of aliphatic hydroxyl groups excluding tert-OH is 3. The van der Waals surface area contributed by atoms with E-state index in [0.29, 0.717) is 17.7 Å². The molecule has 8 N–H and O–H groups in total. The summed E-state index contributed by atoms with van der Waals surface area (Å²) in [5, 5.41) is 59.3. The predicted octanol–water partition coefficient (Wildman–Crippen LogP) is 0.188. The Morgan fingerprint density at radius 3 is 2.33 bits per heavy atom. The third-order valence-electron chi connectivity index (χ3n) is 7.95. The molecule has 11 heteroatoms. The number of carbonyl (C=O) groups excluding carboxylic acids is 3. The van der Waals surface area contributed by atoms with Crippen LogP contribution in [0.4, 0.5) is 0 Å². The number of aromatic hydroxyl groups is 1. The van der Waals surface area contributed by atoms with Gasteiger partial charge in [0.25, 0.3) is 0 Å². The number of benzene rings is 1. The first-order chi connectivity index (χ1) is 18.0. The first-order valence-electron chi connectivity index (χ1n) is 13.0. The normalized spacial score (nSPS) is 27.8. The molecule has 0 bridgehead atoms. The molecule has 0 heterocycles. The Morgan fingerprint density at radius 1 is 1.21 bits per heavy atom. The number of fused-ring (bicyclic) bond motifs is 2. The molecule has 216 valence electrons. The van der Waals surface area contributed by atoms with Crippen molar-refractivity contribution in [3.05, 3.63) is 34.4 Å². The maximum absolute atomic E-state index is 14.0. The lowest BCUT2D eigenvalue weighted by molar-refractivity contribution is -0.176. The zero-order chi connectivity index (χ0) is 29.6. The molecular weight excluding hydrogens is 506 g/mol. The van der Waals surface area contributed by atoms with E-state index in [4.69, 9.17) is 5.73 Å². The molecule has 0 aromatic heterocycles. The van der Waals surface area contributed by atoms with Gasteiger partial charge in [0, 0.05) is 42.1 Å². The van der Waals surface area contributed by atoms with E-state index >= 15 is 0 Å². The second kappa shape index (κ2) is 11.0. The van der Waals surface area contributed by atoms with E-state index in [9.17, 15) is 39.9 Å². The number of likely N-dealkylation sites (N-methyl/N-ethyl adjacent to an activating group) is 1. The topological polar surface area (TPSA) is 194 Å². The molecule has 1 aromatic carbocycles. The summed E-state index contributed by atoms with van der Waals surface area (Å²) < 4.78 is 0. The molecule has 0 radical (unpaired) electrons. The van der Waals surface area contributed by atoms with Gasteiger partial charge in [-0.05, 0) is 31.0 Å². The van der Waals surface area contributed by atoms with Crippen molar-refractivity contribution < 1.29 is 39.9 Å². The lowest BCUT2D eigenvalue weighted by Crippen LogP contribution is -2.69. The van der Waals surface area contributed by atoms with Crippen LogP contribution >= 0.6 is 0 Å². The molecular formula is C28H41N3O8. The summed E-state index contributed by atoms with van der Waals surface area (Å²) in [7, 11) is 3.10. The molecule has 6 atom stereocenters. The zero-order valence-corrected chi connectivity index (χ0v) is 23.4. The highest BCUT2D eigenvalue weighted by molar-refractivity contribution is 6.23. The van der Waals surface area contributed by atoms with Gasteiger partial charge in [0.2, 0.25) is 11.7 Å². The molecule has 0 unspecified atom stereocenters. The van der Waals surface area contributed by atoms with Crippen LogP contribution in [0.25, 0.3) is 5.76 Å². The molecule has 1 amide bonds. The van der Waals surface area contributed by atoms with Crippen molar-refractivity contribution in [1.29, 1.82) is 0 Å². The lowest BCUT2D eigenvalue weighted by Gasteiger charge is -2.51. The number of nitrogens with two attached hydrogens (primary N) is 1. The Hall–Kier alpha value is -2.83. The number of ketones is 2. The average molecular weight is 548 g/mol. The molecule has 39 heavy (non-hydrogen) atoms. The monoisotopic (exact) mass is 547 g/mol. The Kier molecular flexibility index (Phi) is 8.64. The number of amides is 1. The number of Topliss-reactive ketones (excluding diaryl/α,β-unsaturated/α-hetero) is 2. The Morgan fingerprint density at radius 2 is 1.82 bits per heavy atom. The number of aliphatic hydroxyl groups is 4. The first-order valence-corrected chi connectivity index (χ1v) is 13.0. The highest BCUT2D eigenvalue weighted by Gasteiger charge is 2.64. The van der Waals surface area contributed by atoms with Gasteiger partial charge in [-0.15, -0.1) is 0 Å². The Balaban J connectivity index is 2.22. The molecule has 2 aliphatic rings. The number of rotatable bonds is 9. The predicted molar refractivity (Wildman–Crippen MR) is 144 cm³/mol. The van der Waals surface area contributed by atoms with E-state index in [2.05, 4.69) is 26.1 Å². The molecule has 1 aromatic rings. The number of primary amides is 1. The van der Waals surface area contributed by atoms with Gasteiger partial charge in [-0.25, -0.2) is 0 Å². The van der Waals surface area contributed by atoms with Crippen LogP contribution in [0.5, 0.6) is 5.75 Å². The third-order valence-corrected chi connectivity index (χ3v) is 7.95. The number of nitrogens with zero attached hydrogens (tertiary/aromatic N) is 1. The van der Waals surface area contributed by atoms with Gasteiger partial charge in [-0.3, -0.25) is 14.4 Å². The van der Waals surface area contributed by atoms with Gasteiger partial charge < -0.3 is 41.5 Å². The fourth-order valence-electron chi connectivity index (χ4n) is 5.99. The standard InChI is InChI=1S/C28H41N3O8/c1-13-15-8-7-14(10-30-12-27(2,3)4)23(35)20(15)24(36)21-19(13)25(37)22(16(11-32)31(5)6)28(39,26(21)38)17(33)9-18(29)34/h7-8,13,16,19,22,25,30,32,35-37,39H,9-12H2,1-6H3,(H2,29,34)/t13-,16+,19+,22+,25-,28-/m0/s1. The van der Waals surface area contributed by atoms with Crippen molar-refractivity contribution in [1.82, 2.24) is 10.2 Å². The Labute approximate surface area is 228 Å². The summed E-state index contributed by atoms with van der Waals surface area (Å²) in [6, 6.07) is 2.35. The van der Waals surface area contributed by atoms with E-state index in [1.807, 2.05) is 0 Å². The van der Waals surface area contributed by atoms with Crippen molar-refractivity contribution >= 4 is 23.2 Å². The molecule has 0 saturated heterocycles. The summed E-state index contributed by atoms with van der Waals surface area (Å²) in [4.78, 5) is 40.3. The number of phenolic OH excluding ortho intramolecular Hbond substituents is 1. The van der Waals surface area contributed by atoms with Crippen LogP contribution < -0.4 is 11.1 Å². The molecule has 3 rings (SSSR count). The van der Waals surface area contributed by atoms with Crippen LogP contribution in [0.15, 0.2) is 17.7 Å². The van der Waals surface area contributed by atoms with Crippen molar-refractivity contribution in [2.45, 2.75) is 64.3 Å². The van der Waals surface area contributed by atoms with E-state index in [1.165, 1.54) is 4.90 Å². The van der Waals surface area contributed by atoms with Gasteiger partial charge in [-0.1, -0.05) is 39.8 Å². The number of phenols is 1. The summed E-state index contributed by atoms with van der Waals surface area (Å²) in [6.07, 6.45) is -2.59. The second-order valence-corrected chi connectivity index (χ2v) is 12.2. The van der Waals surface area contributed by atoms with E-state index < -0.39 is 77.3 Å². The molecule has 11 nitrogen and oxygen atoms in total. The average Bonchev–Trinajstić information content (AvgIpc) is 2.81. The summed E-state index contributed by atoms with van der Waals surface area (Å²) in [5.74, 6) is -7.69. The SMILES string of the molecule is C[C@H]1c2ccc(CNCC(C)(C)C)c(O)c2C(O)=C2C(=O)[C@](O)(C(=O)CC(N)=O)[C@H]([C@@H](CO)N(C)C)[C@@H](O)[C@@H]21. The minimum absolute atomic E-state index is 0.0150. The van der Waals surface area contributed by atoms with Crippen molar-refractivity contribution in [2.75, 3.05) is 27.2 Å². The van der Waals surface area contributed by atoms with Crippen molar-refractivity contribution in [3.8, 4) is 5.75 Å². The highest BCUT2D eigenvalue weighted by Crippen LogP contribution is 2.54. The van der Waals surface area contributed by atoms with E-state index in [-0.39, 0.29) is 23.3 Å². The number of hydrogen-bond donors (Lipinski definition) is 7. The van der Waals surface area contributed by atoms with Gasteiger partial charge in [-0.2, -0.15) is 0 Å². The summed E-state index contributed by atoms with van der Waals surface area (Å²) in [6.45, 7) is 8.16. The fraction of sp³-hybridized carbons (Fsp3) is 0.607. The molecule has 1 fully saturated rings. The lowest BCUT2D eigenvalue weighted by atomic mass is 9.56. The van der Waals surface area contributed by atoms with Crippen LogP contribution in [-0.2, 0) is 20.9 Å². The molecule has 2 aliphatic carbocycles. The van der Waals surface area contributed by atoms with Crippen LogP contribution in [0, 0.1) is 17.3 Å². The summed E-state index contributed by atoms with van der Waals surface area (Å²) in [5.41, 5.74) is 2.72. The van der Waals surface area contributed by atoms with E-state index in [0.717, 1.165) is 0 Å². The highest BCUT2D eigenvalue weighted by atomic mass is 16.3. The largest absolute Gasteiger partial charge is 0.507 e. The first kappa shape index (κ1) is 30.7. The van der Waals surface area contributed by atoms with Gasteiger partial charge >= 0.3 is 0 Å². The molecule has 1 saturated carbocycles. The number of carbonyl (C=O) groups is 3. The van der Waals surface area contributed by atoms with Crippen LogP contribution in [0.3, 0.4) is 0 Å². The molecule has 0 spiro atoms. The minimum atomic E-state index is -2.97. The number of hydrogen-bond acceptors (Lipinski definition) is 10. The fourth-order valence-corrected chi connectivity index (χ4v) is 5.99. The van der Waals surface area contributed by atoms with E-state index in [1.54, 1.807) is 33.2 Å². The van der Waals surface area contributed by atoms with Gasteiger partial charge in [0.15, 0.2) is 11.4 Å². The van der Waals surface area contributed by atoms with Gasteiger partial charge in [0.05, 0.1) is 24.7 Å². The maximum Gasteiger partial charge on any atom is 0.225 e. The van der Waals surface area contributed by atoms with Crippen molar-refractivity contribution in [2.24, 2.45) is 23.0 Å². The summed E-state index contributed by atoms with van der Waals surface area (Å²) >= 11 is 0. The van der Waals surface area contributed by atoms with Crippen molar-refractivity contribution in [3.63, 3.8) is 0 Å². The quantitative estimate of drug-likeness (QED) is 0.210. The Bertz CT molecular complexity index is 1190.